The lowest BCUT2D eigenvalue weighted by molar-refractivity contribution is 1.06. The number of rotatable bonds is 6. The molecule has 0 atom stereocenters. The van der Waals surface area contributed by atoms with Crippen LogP contribution in [0.1, 0.15) is 27.8 Å². The molecule has 7 rings (SSSR count). The van der Waals surface area contributed by atoms with Crippen LogP contribution in [0.25, 0.3) is 33.5 Å². The van der Waals surface area contributed by atoms with Gasteiger partial charge in [0, 0.05) is 22.9 Å². The first kappa shape index (κ1) is 27.1. The van der Waals surface area contributed by atoms with Gasteiger partial charge in [-0.3, -0.25) is 9.98 Å². The summed E-state index contributed by atoms with van der Waals surface area (Å²) in [6.45, 7) is 4.47. The van der Waals surface area contributed by atoms with Crippen molar-refractivity contribution in [1.82, 2.24) is 4.98 Å². The topological polar surface area (TPSA) is 50.0 Å². The number of nitrogens with zero attached hydrogens (tertiary/aromatic N) is 4. The van der Waals surface area contributed by atoms with E-state index < -0.39 is 0 Å². The van der Waals surface area contributed by atoms with Gasteiger partial charge in [0.2, 0.25) is 0 Å². The van der Waals surface area contributed by atoms with Crippen molar-refractivity contribution in [2.45, 2.75) is 13.0 Å². The average molecular weight is 567 g/mol. The van der Waals surface area contributed by atoms with Gasteiger partial charge in [0.15, 0.2) is 11.7 Å². The molecule has 1 heterocycles. The maximum absolute atomic E-state index is 5.05. The molecular formula is C40H30N4. The Bertz CT molecular complexity index is 1990. The molecule has 210 valence electrons. The summed E-state index contributed by atoms with van der Waals surface area (Å²) in [7, 11) is 0. The molecule has 4 nitrogen and oxygen atoms in total. The van der Waals surface area contributed by atoms with Crippen molar-refractivity contribution >= 4 is 18.4 Å². The SMILES string of the molecule is C=NC(=NC(=NCc1ccccc1)c1ccccc1)c1cccc2c1-c1cc(-c3ccc(-c4ccccn4)cc3)ccc1C2. The first-order chi connectivity index (χ1) is 21.8. The summed E-state index contributed by atoms with van der Waals surface area (Å²) in [5.41, 5.74) is 12.4. The van der Waals surface area contributed by atoms with Gasteiger partial charge in [0.1, 0.15) is 0 Å². The highest BCUT2D eigenvalue weighted by atomic mass is 15.0. The Morgan fingerprint density at radius 3 is 2.11 bits per heavy atom. The third kappa shape index (κ3) is 5.53. The lowest BCUT2D eigenvalue weighted by Crippen LogP contribution is -2.07. The van der Waals surface area contributed by atoms with Crippen LogP contribution in [0.2, 0.25) is 0 Å². The lowest BCUT2D eigenvalue weighted by Gasteiger charge is -2.12. The van der Waals surface area contributed by atoms with Gasteiger partial charge in [-0.25, -0.2) is 9.98 Å². The number of aliphatic imine (C=N–C) groups is 3. The van der Waals surface area contributed by atoms with Crippen molar-refractivity contribution in [3.63, 3.8) is 0 Å². The van der Waals surface area contributed by atoms with Crippen LogP contribution in [-0.2, 0) is 13.0 Å². The average Bonchev–Trinajstić information content (AvgIpc) is 3.48. The van der Waals surface area contributed by atoms with E-state index >= 15 is 0 Å². The van der Waals surface area contributed by atoms with Gasteiger partial charge in [0.05, 0.1) is 12.2 Å². The van der Waals surface area contributed by atoms with E-state index in [0.717, 1.165) is 45.5 Å². The fourth-order valence-corrected chi connectivity index (χ4v) is 5.78. The third-order valence-electron chi connectivity index (χ3n) is 7.98. The maximum Gasteiger partial charge on any atom is 0.161 e. The molecule has 44 heavy (non-hydrogen) atoms. The van der Waals surface area contributed by atoms with Crippen molar-refractivity contribution in [2.75, 3.05) is 0 Å². The molecule has 4 heteroatoms. The first-order valence-corrected chi connectivity index (χ1v) is 14.7. The van der Waals surface area contributed by atoms with E-state index in [1.165, 1.54) is 22.3 Å². The van der Waals surface area contributed by atoms with Gasteiger partial charge in [-0.15, -0.1) is 0 Å². The lowest BCUT2D eigenvalue weighted by atomic mass is 9.95. The molecule has 0 radical (unpaired) electrons. The predicted octanol–water partition coefficient (Wildman–Crippen LogP) is 9.08. The Morgan fingerprint density at radius 1 is 0.636 bits per heavy atom. The van der Waals surface area contributed by atoms with Crippen molar-refractivity contribution in [1.29, 1.82) is 0 Å². The van der Waals surface area contributed by atoms with Gasteiger partial charge in [-0.1, -0.05) is 121 Å². The van der Waals surface area contributed by atoms with E-state index in [1.807, 2.05) is 72.9 Å². The van der Waals surface area contributed by atoms with Crippen molar-refractivity contribution in [2.24, 2.45) is 15.0 Å². The summed E-state index contributed by atoms with van der Waals surface area (Å²) in [6, 6.07) is 48.0. The normalized spacial score (nSPS) is 12.5. The standard InChI is InChI=1S/C40H30N4/c1-41-40(44-39(31-13-6-3-7-14-31)43-27-28-11-4-2-5-12-28)35-16-10-15-34-25-33-23-22-32(26-36(33)38(34)35)29-18-20-30(21-19-29)37-17-8-9-24-42-37/h2-24,26H,1,25,27H2. The molecule has 1 aliphatic rings. The molecule has 0 amide bonds. The van der Waals surface area contributed by atoms with Gasteiger partial charge in [-0.2, -0.15) is 0 Å². The monoisotopic (exact) mass is 566 g/mol. The molecule has 1 aromatic heterocycles. The van der Waals surface area contributed by atoms with Crippen LogP contribution in [0.4, 0.5) is 0 Å². The van der Waals surface area contributed by atoms with Crippen LogP contribution in [0.5, 0.6) is 0 Å². The first-order valence-electron chi connectivity index (χ1n) is 14.7. The van der Waals surface area contributed by atoms with Crippen molar-refractivity contribution < 1.29 is 0 Å². The van der Waals surface area contributed by atoms with Crippen LogP contribution in [0, 0.1) is 0 Å². The Morgan fingerprint density at radius 2 is 1.36 bits per heavy atom. The van der Waals surface area contributed by atoms with Crippen molar-refractivity contribution in [3.05, 3.63) is 174 Å². The Labute approximate surface area is 257 Å². The minimum atomic E-state index is 0.525. The van der Waals surface area contributed by atoms with E-state index in [0.29, 0.717) is 18.2 Å². The predicted molar refractivity (Wildman–Crippen MR) is 183 cm³/mol. The molecule has 0 N–H and O–H groups in total. The fraction of sp³-hybridized carbons (Fsp3) is 0.0500. The molecule has 0 aliphatic heterocycles. The molecule has 6 aromatic rings. The summed E-state index contributed by atoms with van der Waals surface area (Å²) >= 11 is 0. The van der Waals surface area contributed by atoms with Gasteiger partial charge < -0.3 is 0 Å². The molecule has 5 aromatic carbocycles. The summed E-state index contributed by atoms with van der Waals surface area (Å²) in [4.78, 5) is 18.9. The molecule has 0 unspecified atom stereocenters. The van der Waals surface area contributed by atoms with Crippen LogP contribution >= 0.6 is 0 Å². The molecule has 0 bridgehead atoms. The van der Waals surface area contributed by atoms with E-state index in [4.69, 9.17) is 9.98 Å². The number of hydrogen-bond acceptors (Lipinski definition) is 2. The number of hydrogen-bond donors (Lipinski definition) is 0. The second-order valence-electron chi connectivity index (χ2n) is 10.8. The number of fused-ring (bicyclic) bond motifs is 3. The zero-order valence-electron chi connectivity index (χ0n) is 24.3. The number of benzene rings is 5. The van der Waals surface area contributed by atoms with Crippen molar-refractivity contribution in [3.8, 4) is 33.5 Å². The highest BCUT2D eigenvalue weighted by Gasteiger charge is 2.24. The molecule has 0 spiro atoms. The molecule has 1 aliphatic carbocycles. The summed E-state index contributed by atoms with van der Waals surface area (Å²) in [5.74, 6) is 1.20. The third-order valence-corrected chi connectivity index (χ3v) is 7.98. The largest absolute Gasteiger partial charge is 0.261 e. The van der Waals surface area contributed by atoms with Gasteiger partial charge in [0.25, 0.3) is 0 Å². The van der Waals surface area contributed by atoms with Gasteiger partial charge >= 0.3 is 0 Å². The minimum Gasteiger partial charge on any atom is -0.261 e. The molecule has 0 fully saturated rings. The highest BCUT2D eigenvalue weighted by Crippen LogP contribution is 2.41. The molecular weight excluding hydrogens is 536 g/mol. The molecule has 0 saturated heterocycles. The van der Waals surface area contributed by atoms with E-state index in [-0.39, 0.29) is 0 Å². The zero-order valence-corrected chi connectivity index (χ0v) is 24.3. The van der Waals surface area contributed by atoms with Crippen LogP contribution in [-0.4, -0.2) is 23.4 Å². The summed E-state index contributed by atoms with van der Waals surface area (Å²) in [6.07, 6.45) is 2.70. The zero-order chi connectivity index (χ0) is 29.7. The Kier molecular flexibility index (Phi) is 7.54. The highest BCUT2D eigenvalue weighted by molar-refractivity contribution is 6.15. The number of aromatic nitrogens is 1. The second-order valence-corrected chi connectivity index (χ2v) is 10.8. The van der Waals surface area contributed by atoms with Crippen LogP contribution < -0.4 is 0 Å². The van der Waals surface area contributed by atoms with Crippen LogP contribution in [0.15, 0.2) is 161 Å². The minimum absolute atomic E-state index is 0.525. The number of pyridine rings is 1. The summed E-state index contributed by atoms with van der Waals surface area (Å²) in [5, 5.41) is 0. The summed E-state index contributed by atoms with van der Waals surface area (Å²) < 4.78 is 0. The Hall–Kier alpha value is -5.74. The quantitative estimate of drug-likeness (QED) is 0.146. The smallest absolute Gasteiger partial charge is 0.161 e. The number of amidine groups is 2. The Balaban J connectivity index is 1.27. The molecule has 0 saturated carbocycles. The van der Waals surface area contributed by atoms with E-state index in [1.54, 1.807) is 0 Å². The van der Waals surface area contributed by atoms with Gasteiger partial charge in [-0.05, 0) is 70.3 Å². The fourth-order valence-electron chi connectivity index (χ4n) is 5.78. The van der Waals surface area contributed by atoms with Crippen LogP contribution in [0.3, 0.4) is 0 Å². The van der Waals surface area contributed by atoms with E-state index in [2.05, 4.69) is 89.5 Å². The van der Waals surface area contributed by atoms with E-state index in [9.17, 15) is 0 Å². The second kappa shape index (κ2) is 12.2. The maximum atomic E-state index is 5.05.